The van der Waals surface area contributed by atoms with Crippen molar-refractivity contribution in [2.24, 2.45) is 0 Å². The van der Waals surface area contributed by atoms with E-state index in [1.54, 1.807) is 6.07 Å². The van der Waals surface area contributed by atoms with Crippen LogP contribution in [0, 0.1) is 0 Å². The summed E-state index contributed by atoms with van der Waals surface area (Å²) in [6.07, 6.45) is -0.194. The molecule has 4 heterocycles. The summed E-state index contributed by atoms with van der Waals surface area (Å²) in [7, 11) is 0. The molecule has 1 aliphatic heterocycles. The predicted molar refractivity (Wildman–Crippen MR) is 95.3 cm³/mol. The van der Waals surface area contributed by atoms with Crippen molar-refractivity contribution in [2.75, 3.05) is 17.6 Å². The predicted octanol–water partition coefficient (Wildman–Crippen LogP) is 2.08. The zero-order valence-electron chi connectivity index (χ0n) is 14.5. The van der Waals surface area contributed by atoms with Crippen LogP contribution in [0.2, 0.25) is 0 Å². The van der Waals surface area contributed by atoms with Gasteiger partial charge in [0.25, 0.3) is 0 Å². The Morgan fingerprint density at radius 1 is 1.36 bits per heavy atom. The van der Waals surface area contributed by atoms with E-state index in [1.165, 1.54) is 23.0 Å². The molecule has 1 saturated heterocycles. The lowest BCUT2D eigenvalue weighted by molar-refractivity contribution is -0.137. The third-order valence-corrected chi connectivity index (χ3v) is 4.47. The number of amides is 1. The Balaban J connectivity index is 1.62. The molecule has 0 aliphatic carbocycles. The molecule has 4 rings (SSSR count). The lowest BCUT2D eigenvalue weighted by Gasteiger charge is -2.10. The second-order valence-corrected chi connectivity index (χ2v) is 6.44. The fraction of sp³-hybridized carbons (Fsp3) is 0.294. The number of nitrogens with one attached hydrogen (secondary N) is 2. The van der Waals surface area contributed by atoms with E-state index < -0.39 is 17.6 Å². The number of alkyl halides is 3. The van der Waals surface area contributed by atoms with E-state index in [9.17, 15) is 18.0 Å². The van der Waals surface area contributed by atoms with Gasteiger partial charge in [-0.1, -0.05) is 0 Å². The van der Waals surface area contributed by atoms with Gasteiger partial charge < -0.3 is 16.4 Å². The number of hydrogen-bond donors (Lipinski definition) is 3. The van der Waals surface area contributed by atoms with Crippen LogP contribution >= 0.6 is 0 Å². The molecule has 0 bridgehead atoms. The van der Waals surface area contributed by atoms with Crippen molar-refractivity contribution < 1.29 is 18.0 Å². The molecule has 1 fully saturated rings. The van der Waals surface area contributed by atoms with Crippen molar-refractivity contribution in [1.29, 1.82) is 0 Å². The van der Waals surface area contributed by atoms with Gasteiger partial charge in [0.1, 0.15) is 5.82 Å². The normalized spacial score (nSPS) is 17.2. The van der Waals surface area contributed by atoms with Crippen LogP contribution in [0.1, 0.15) is 18.4 Å². The Bertz CT molecular complexity index is 1040. The molecule has 3 aromatic heterocycles. The van der Waals surface area contributed by atoms with Crippen molar-refractivity contribution in [1.82, 2.24) is 24.9 Å². The van der Waals surface area contributed by atoms with Crippen LogP contribution in [-0.4, -0.2) is 38.1 Å². The molecule has 3 aromatic rings. The molecule has 4 N–H and O–H groups in total. The van der Waals surface area contributed by atoms with E-state index >= 15 is 0 Å². The van der Waals surface area contributed by atoms with Crippen LogP contribution in [0.25, 0.3) is 16.9 Å². The summed E-state index contributed by atoms with van der Waals surface area (Å²) in [4.78, 5) is 20.0. The maximum Gasteiger partial charge on any atom is 0.419 e. The summed E-state index contributed by atoms with van der Waals surface area (Å²) >= 11 is 0. The van der Waals surface area contributed by atoms with Crippen molar-refractivity contribution in [3.8, 4) is 11.3 Å². The average Bonchev–Trinajstić information content (AvgIpc) is 3.30. The van der Waals surface area contributed by atoms with Crippen LogP contribution in [0.5, 0.6) is 0 Å². The summed E-state index contributed by atoms with van der Waals surface area (Å²) in [6.45, 7) is 0.795. The number of fused-ring (bicyclic) bond motifs is 1. The number of aromatic nitrogens is 4. The van der Waals surface area contributed by atoms with E-state index in [4.69, 9.17) is 5.73 Å². The lowest BCUT2D eigenvalue weighted by Crippen LogP contribution is -2.35. The quantitative estimate of drug-likeness (QED) is 0.631. The van der Waals surface area contributed by atoms with Crippen molar-refractivity contribution >= 4 is 23.2 Å². The molecular weight excluding hydrogens is 375 g/mol. The fourth-order valence-corrected chi connectivity index (χ4v) is 3.06. The number of carbonyl (C=O) groups excluding carboxylic acids is 1. The monoisotopic (exact) mass is 391 g/mol. The topological polar surface area (TPSA) is 110 Å². The summed E-state index contributed by atoms with van der Waals surface area (Å²) in [5.41, 5.74) is 5.18. The summed E-state index contributed by atoms with van der Waals surface area (Å²) < 4.78 is 40.5. The summed E-state index contributed by atoms with van der Waals surface area (Å²) in [5, 5.41) is 10.1. The van der Waals surface area contributed by atoms with Crippen LogP contribution in [-0.2, 0) is 11.0 Å². The van der Waals surface area contributed by atoms with Gasteiger partial charge in [-0.2, -0.15) is 18.3 Å². The molecule has 1 atom stereocenters. The second kappa shape index (κ2) is 6.75. The molecular formula is C17H16F3N7O. The largest absolute Gasteiger partial charge is 0.419 e. The SMILES string of the molecule is Nc1ncc(-c2ccc3nc(NC(=O)C4CCCN4)cn3n2)cc1C(F)(F)F. The number of hydrogen-bond acceptors (Lipinski definition) is 6. The number of carbonyl (C=O) groups is 1. The zero-order valence-corrected chi connectivity index (χ0v) is 14.5. The smallest absolute Gasteiger partial charge is 0.383 e. The standard InChI is InChI=1S/C17H16F3N7O/c18-17(19,20)10-6-9(7-23-15(10)21)11-3-4-14-24-13(8-27(14)26-11)25-16(28)12-2-1-5-22-12/h3-4,6-8,12,22H,1-2,5H2,(H2,21,23)(H,25,28). The highest BCUT2D eigenvalue weighted by Gasteiger charge is 2.34. The van der Waals surface area contributed by atoms with Gasteiger partial charge in [0.15, 0.2) is 11.5 Å². The Kier molecular flexibility index (Phi) is 4.38. The number of nitrogen functional groups attached to an aromatic ring is 1. The van der Waals surface area contributed by atoms with Crippen LogP contribution in [0.4, 0.5) is 24.8 Å². The lowest BCUT2D eigenvalue weighted by atomic mass is 10.1. The minimum Gasteiger partial charge on any atom is -0.383 e. The van der Waals surface area contributed by atoms with E-state index in [2.05, 4.69) is 25.7 Å². The highest BCUT2D eigenvalue weighted by molar-refractivity contribution is 5.94. The van der Waals surface area contributed by atoms with Crippen LogP contribution in [0.15, 0.2) is 30.6 Å². The van der Waals surface area contributed by atoms with Crippen LogP contribution < -0.4 is 16.4 Å². The fourth-order valence-electron chi connectivity index (χ4n) is 3.06. The molecule has 1 unspecified atom stereocenters. The number of anilines is 2. The summed E-state index contributed by atoms with van der Waals surface area (Å²) in [6, 6.07) is 3.77. The van der Waals surface area contributed by atoms with Gasteiger partial charge in [-0.25, -0.2) is 14.5 Å². The molecule has 0 aromatic carbocycles. The maximum absolute atomic E-state index is 13.0. The van der Waals surface area contributed by atoms with Gasteiger partial charge in [0.2, 0.25) is 5.91 Å². The third kappa shape index (κ3) is 3.48. The first-order valence-electron chi connectivity index (χ1n) is 8.55. The molecule has 0 saturated carbocycles. The molecule has 11 heteroatoms. The molecule has 28 heavy (non-hydrogen) atoms. The number of pyridine rings is 1. The molecule has 1 amide bonds. The van der Waals surface area contributed by atoms with Gasteiger partial charge >= 0.3 is 6.18 Å². The maximum atomic E-state index is 13.0. The number of nitrogens with zero attached hydrogens (tertiary/aromatic N) is 4. The Labute approximate surface area is 157 Å². The van der Waals surface area contributed by atoms with Gasteiger partial charge in [0.05, 0.1) is 23.5 Å². The van der Waals surface area contributed by atoms with Crippen LogP contribution in [0.3, 0.4) is 0 Å². The van der Waals surface area contributed by atoms with E-state index in [0.29, 0.717) is 11.5 Å². The number of nitrogens with two attached hydrogens (primary N) is 1. The van der Waals surface area contributed by atoms with E-state index in [-0.39, 0.29) is 23.2 Å². The minimum atomic E-state index is -4.61. The van der Waals surface area contributed by atoms with Crippen molar-refractivity contribution in [3.05, 3.63) is 36.2 Å². The molecule has 146 valence electrons. The highest BCUT2D eigenvalue weighted by Crippen LogP contribution is 2.34. The molecule has 0 radical (unpaired) electrons. The summed E-state index contributed by atoms with van der Waals surface area (Å²) in [5.74, 6) is -0.459. The molecule has 1 aliphatic rings. The second-order valence-electron chi connectivity index (χ2n) is 6.44. The van der Waals surface area contributed by atoms with Crippen molar-refractivity contribution in [2.45, 2.75) is 25.1 Å². The van der Waals surface area contributed by atoms with Crippen molar-refractivity contribution in [3.63, 3.8) is 0 Å². The number of imidazole rings is 1. The molecule has 0 spiro atoms. The first kappa shape index (κ1) is 18.2. The third-order valence-electron chi connectivity index (χ3n) is 4.47. The van der Waals surface area contributed by atoms with E-state index in [1.807, 2.05) is 0 Å². The van der Waals surface area contributed by atoms with Gasteiger partial charge in [0, 0.05) is 11.8 Å². The Morgan fingerprint density at radius 3 is 2.89 bits per heavy atom. The van der Waals surface area contributed by atoms with E-state index in [0.717, 1.165) is 25.5 Å². The first-order valence-corrected chi connectivity index (χ1v) is 8.55. The number of rotatable bonds is 3. The van der Waals surface area contributed by atoms with Gasteiger partial charge in [-0.15, -0.1) is 0 Å². The average molecular weight is 391 g/mol. The number of halogens is 3. The zero-order chi connectivity index (χ0) is 19.9. The Hall–Kier alpha value is -3.21. The highest BCUT2D eigenvalue weighted by atomic mass is 19.4. The molecule has 8 nitrogen and oxygen atoms in total. The first-order chi connectivity index (χ1) is 13.3. The van der Waals surface area contributed by atoms with Gasteiger partial charge in [-0.3, -0.25) is 4.79 Å². The Morgan fingerprint density at radius 2 is 2.18 bits per heavy atom. The van der Waals surface area contributed by atoms with Gasteiger partial charge in [-0.05, 0) is 37.6 Å². The minimum absolute atomic E-state index is 0.165.